The number of nitrogens with zero attached hydrogens (tertiary/aromatic N) is 3. The second-order valence-electron chi connectivity index (χ2n) is 8.06. The van der Waals surface area contributed by atoms with Crippen molar-refractivity contribution in [3.8, 4) is 17.2 Å². The second-order valence-corrected chi connectivity index (χ2v) is 8.06. The third-order valence-corrected chi connectivity index (χ3v) is 5.62. The molecule has 4 rings (SSSR count). The van der Waals surface area contributed by atoms with Gasteiger partial charge in [0.15, 0.2) is 17.3 Å². The standard InChI is InChI=1S/C23H20F5N3O5/c1-22(24,25)21-30-29-20-16(10-17(32)33)36-18(12-5-4-6-15(34-2)19(12)35-3)13-9-11(23(26,27)28)7-8-14(13)31(20)21/h4-9,16,18H,10H2,1-3H3,(H,32,33)/t16-,18-/m1/s1. The lowest BCUT2D eigenvalue weighted by Gasteiger charge is -2.25. The van der Waals surface area contributed by atoms with Gasteiger partial charge in [-0.15, -0.1) is 10.2 Å². The van der Waals surface area contributed by atoms with Crippen molar-refractivity contribution in [1.29, 1.82) is 0 Å². The van der Waals surface area contributed by atoms with E-state index in [1.165, 1.54) is 26.4 Å². The van der Waals surface area contributed by atoms with Gasteiger partial charge >= 0.3 is 18.1 Å². The van der Waals surface area contributed by atoms with Gasteiger partial charge in [0.05, 0.1) is 31.9 Å². The number of halogens is 5. The molecular formula is C23H20F5N3O5. The zero-order valence-electron chi connectivity index (χ0n) is 19.1. The van der Waals surface area contributed by atoms with Crippen LogP contribution in [0, 0.1) is 0 Å². The van der Waals surface area contributed by atoms with Gasteiger partial charge in [0, 0.05) is 18.1 Å². The molecule has 1 aromatic heterocycles. The number of ether oxygens (including phenoxy) is 3. The van der Waals surface area contributed by atoms with Crippen LogP contribution >= 0.6 is 0 Å². The molecule has 192 valence electrons. The molecule has 0 radical (unpaired) electrons. The monoisotopic (exact) mass is 513 g/mol. The zero-order chi connectivity index (χ0) is 26.4. The van der Waals surface area contributed by atoms with Crippen molar-refractivity contribution in [2.75, 3.05) is 14.2 Å². The van der Waals surface area contributed by atoms with Crippen LogP contribution in [0.1, 0.15) is 53.9 Å². The molecule has 0 bridgehead atoms. The number of carboxylic acid groups (broad SMARTS) is 1. The Hall–Kier alpha value is -3.74. The molecule has 36 heavy (non-hydrogen) atoms. The van der Waals surface area contributed by atoms with E-state index in [2.05, 4.69) is 10.2 Å². The zero-order valence-corrected chi connectivity index (χ0v) is 19.1. The predicted molar refractivity (Wildman–Crippen MR) is 113 cm³/mol. The summed E-state index contributed by atoms with van der Waals surface area (Å²) in [5, 5.41) is 16.8. The highest BCUT2D eigenvalue weighted by Crippen LogP contribution is 2.47. The fraction of sp³-hybridized carbons (Fsp3) is 0.348. The molecular weight excluding hydrogens is 493 g/mol. The van der Waals surface area contributed by atoms with Crippen LogP contribution in [0.5, 0.6) is 11.5 Å². The van der Waals surface area contributed by atoms with Gasteiger partial charge in [-0.05, 0) is 24.3 Å². The van der Waals surface area contributed by atoms with Crippen molar-refractivity contribution in [2.45, 2.75) is 37.7 Å². The molecule has 1 aliphatic rings. The van der Waals surface area contributed by atoms with Gasteiger partial charge in [-0.25, -0.2) is 0 Å². The molecule has 2 heterocycles. The highest BCUT2D eigenvalue weighted by molar-refractivity contribution is 5.68. The molecule has 0 amide bonds. The maximum atomic E-state index is 14.5. The van der Waals surface area contributed by atoms with Gasteiger partial charge in [-0.1, -0.05) is 12.1 Å². The molecule has 0 fully saturated rings. The Bertz CT molecular complexity index is 1300. The second kappa shape index (κ2) is 9.04. The Morgan fingerprint density at radius 2 is 1.81 bits per heavy atom. The van der Waals surface area contributed by atoms with Crippen LogP contribution in [0.4, 0.5) is 22.0 Å². The van der Waals surface area contributed by atoms with Crippen molar-refractivity contribution >= 4 is 5.97 Å². The predicted octanol–water partition coefficient (Wildman–Crippen LogP) is 5.05. The molecule has 13 heteroatoms. The van der Waals surface area contributed by atoms with Gasteiger partial charge in [0.2, 0.25) is 5.82 Å². The summed E-state index contributed by atoms with van der Waals surface area (Å²) >= 11 is 0. The number of hydrogen-bond donors (Lipinski definition) is 1. The number of aliphatic carboxylic acids is 1. The van der Waals surface area contributed by atoms with Crippen LogP contribution in [-0.4, -0.2) is 40.1 Å². The number of rotatable bonds is 6. The minimum Gasteiger partial charge on any atom is -0.493 e. The molecule has 1 N–H and O–H groups in total. The fourth-order valence-electron chi connectivity index (χ4n) is 4.13. The molecule has 0 aliphatic carbocycles. The summed E-state index contributed by atoms with van der Waals surface area (Å²) in [6.45, 7) is 0.550. The summed E-state index contributed by atoms with van der Waals surface area (Å²) in [7, 11) is 2.67. The number of hydrogen-bond acceptors (Lipinski definition) is 6. The maximum absolute atomic E-state index is 14.5. The van der Waals surface area contributed by atoms with E-state index in [9.17, 15) is 31.9 Å². The van der Waals surface area contributed by atoms with Gasteiger partial charge in [0.25, 0.3) is 0 Å². The van der Waals surface area contributed by atoms with Crippen LogP contribution in [0.15, 0.2) is 36.4 Å². The first-order chi connectivity index (χ1) is 16.9. The minimum absolute atomic E-state index is 0.112. The molecule has 0 spiro atoms. The molecule has 2 atom stereocenters. The Morgan fingerprint density at radius 1 is 1.08 bits per heavy atom. The summed E-state index contributed by atoms with van der Waals surface area (Å²) < 4.78 is 87.7. The summed E-state index contributed by atoms with van der Waals surface area (Å²) in [6.07, 6.45) is -8.32. The molecule has 1 aliphatic heterocycles. The van der Waals surface area contributed by atoms with Gasteiger partial charge in [0.1, 0.15) is 12.2 Å². The largest absolute Gasteiger partial charge is 0.493 e. The number of aromatic nitrogens is 3. The highest BCUT2D eigenvalue weighted by Gasteiger charge is 2.42. The Balaban J connectivity index is 2.08. The van der Waals surface area contributed by atoms with Crippen molar-refractivity contribution in [1.82, 2.24) is 14.8 Å². The number of carboxylic acids is 1. The lowest BCUT2D eigenvalue weighted by molar-refractivity contribution is -0.141. The summed E-state index contributed by atoms with van der Waals surface area (Å²) in [4.78, 5) is 11.6. The van der Waals surface area contributed by atoms with E-state index < -0.39 is 48.1 Å². The van der Waals surface area contributed by atoms with E-state index in [4.69, 9.17) is 14.2 Å². The average Bonchev–Trinajstić information content (AvgIpc) is 3.21. The third kappa shape index (κ3) is 4.45. The van der Waals surface area contributed by atoms with Crippen LogP contribution in [0.2, 0.25) is 0 Å². The molecule has 0 saturated heterocycles. The molecule has 3 aromatic rings. The Kier molecular flexibility index (Phi) is 6.37. The van der Waals surface area contributed by atoms with Gasteiger partial charge in [-0.3, -0.25) is 9.36 Å². The first-order valence-corrected chi connectivity index (χ1v) is 10.5. The number of alkyl halides is 5. The van der Waals surface area contributed by atoms with E-state index in [1.807, 2.05) is 0 Å². The third-order valence-electron chi connectivity index (χ3n) is 5.62. The molecule has 0 unspecified atom stereocenters. The van der Waals surface area contributed by atoms with E-state index in [-0.39, 0.29) is 34.1 Å². The lowest BCUT2D eigenvalue weighted by atomic mass is 9.96. The quantitative estimate of drug-likeness (QED) is 0.461. The molecule has 8 nitrogen and oxygen atoms in total. The average molecular weight is 513 g/mol. The Morgan fingerprint density at radius 3 is 2.39 bits per heavy atom. The summed E-state index contributed by atoms with van der Waals surface area (Å²) in [5.74, 6) is -5.74. The maximum Gasteiger partial charge on any atom is 0.416 e. The van der Waals surface area contributed by atoms with Crippen LogP contribution in [0.3, 0.4) is 0 Å². The number of para-hydroxylation sites is 1. The topological polar surface area (TPSA) is 95.7 Å². The Labute approximate surface area is 201 Å². The van der Waals surface area contributed by atoms with E-state index >= 15 is 0 Å². The van der Waals surface area contributed by atoms with E-state index in [0.717, 1.165) is 22.8 Å². The number of methoxy groups -OCH3 is 2. The van der Waals surface area contributed by atoms with E-state index in [1.54, 1.807) is 6.07 Å². The van der Waals surface area contributed by atoms with Gasteiger partial charge < -0.3 is 19.3 Å². The number of carbonyl (C=O) groups is 1. The molecule has 2 aromatic carbocycles. The van der Waals surface area contributed by atoms with Crippen molar-refractivity contribution in [3.63, 3.8) is 0 Å². The van der Waals surface area contributed by atoms with Crippen LogP contribution in [0.25, 0.3) is 5.69 Å². The smallest absolute Gasteiger partial charge is 0.416 e. The minimum atomic E-state index is -4.77. The summed E-state index contributed by atoms with van der Waals surface area (Å²) in [6, 6.07) is 7.09. The first-order valence-electron chi connectivity index (χ1n) is 10.5. The van der Waals surface area contributed by atoms with Gasteiger partial charge in [-0.2, -0.15) is 22.0 Å². The van der Waals surface area contributed by atoms with Crippen molar-refractivity contribution in [2.24, 2.45) is 0 Å². The van der Waals surface area contributed by atoms with Crippen LogP contribution in [-0.2, 0) is 21.6 Å². The summed E-state index contributed by atoms with van der Waals surface area (Å²) in [5.41, 5.74) is -1.16. The molecule has 0 saturated carbocycles. The van der Waals surface area contributed by atoms with Crippen molar-refractivity contribution in [3.05, 3.63) is 64.7 Å². The number of fused-ring (bicyclic) bond motifs is 3. The fourth-order valence-corrected chi connectivity index (χ4v) is 4.13. The first kappa shape index (κ1) is 25.4. The highest BCUT2D eigenvalue weighted by atomic mass is 19.4. The normalized spacial score (nSPS) is 17.7. The van der Waals surface area contributed by atoms with Crippen molar-refractivity contribution < 1.29 is 46.1 Å². The number of benzene rings is 2. The van der Waals surface area contributed by atoms with Crippen LogP contribution < -0.4 is 9.47 Å². The van der Waals surface area contributed by atoms with E-state index in [0.29, 0.717) is 6.92 Å². The SMILES string of the molecule is COc1cccc([C@H]2O[C@H](CC(=O)O)c3nnc(C(C)(F)F)n3-c3ccc(C(F)(F)F)cc32)c1OC. The lowest BCUT2D eigenvalue weighted by Crippen LogP contribution is -2.18.